The second-order valence-corrected chi connectivity index (χ2v) is 4.34. The van der Waals surface area contributed by atoms with E-state index in [0.29, 0.717) is 25.5 Å². The Bertz CT molecular complexity index is 379. The van der Waals surface area contributed by atoms with Gasteiger partial charge in [0.25, 0.3) is 0 Å². The smallest absolute Gasteiger partial charge is 0.143 e. The van der Waals surface area contributed by atoms with Gasteiger partial charge in [0.2, 0.25) is 0 Å². The van der Waals surface area contributed by atoms with Crippen LogP contribution in [-0.2, 0) is 9.47 Å². The van der Waals surface area contributed by atoms with E-state index in [1.54, 1.807) is 6.07 Å². The molecule has 0 saturated heterocycles. The number of aliphatic hydroxyl groups is 1. The second kappa shape index (κ2) is 9.09. The Morgan fingerprint density at radius 3 is 2.79 bits per heavy atom. The Kier molecular flexibility index (Phi) is 7.74. The van der Waals surface area contributed by atoms with E-state index in [1.807, 2.05) is 6.92 Å². The van der Waals surface area contributed by atoms with Gasteiger partial charge in [-0.15, -0.1) is 0 Å². The molecule has 0 aliphatic rings. The highest BCUT2D eigenvalue weighted by molar-refractivity contribution is 6.30. The van der Waals surface area contributed by atoms with Crippen molar-refractivity contribution in [2.24, 2.45) is 0 Å². The van der Waals surface area contributed by atoms with Crippen LogP contribution in [0.1, 0.15) is 6.92 Å². The molecule has 6 heteroatoms. The molecule has 1 atom stereocenters. The summed E-state index contributed by atoms with van der Waals surface area (Å²) in [5.41, 5.74) is 0.565. The van der Waals surface area contributed by atoms with Crippen LogP contribution in [0.4, 0.5) is 10.1 Å². The molecule has 1 aromatic rings. The van der Waals surface area contributed by atoms with Crippen LogP contribution in [-0.4, -0.2) is 44.2 Å². The molecule has 0 aromatic heterocycles. The highest BCUT2D eigenvalue weighted by Gasteiger charge is 2.05. The molecule has 0 aliphatic heterocycles. The third kappa shape index (κ3) is 6.73. The van der Waals surface area contributed by atoms with Crippen molar-refractivity contribution >= 4 is 17.3 Å². The van der Waals surface area contributed by atoms with Gasteiger partial charge in [0.15, 0.2) is 0 Å². The molecular formula is C13H19ClFNO3. The first-order chi connectivity index (χ1) is 9.13. The Morgan fingerprint density at radius 2 is 2.11 bits per heavy atom. The molecule has 0 heterocycles. The molecule has 0 fully saturated rings. The van der Waals surface area contributed by atoms with Gasteiger partial charge in [0.05, 0.1) is 30.9 Å². The van der Waals surface area contributed by atoms with Crippen molar-refractivity contribution in [1.29, 1.82) is 0 Å². The van der Waals surface area contributed by atoms with Crippen molar-refractivity contribution in [2.45, 2.75) is 13.0 Å². The molecule has 0 radical (unpaired) electrons. The molecule has 1 unspecified atom stereocenters. The largest absolute Gasteiger partial charge is 0.389 e. The van der Waals surface area contributed by atoms with E-state index in [0.717, 1.165) is 0 Å². The van der Waals surface area contributed by atoms with E-state index in [9.17, 15) is 9.50 Å². The standard InChI is InChI=1S/C13H19ClFNO3/c1-2-18-5-6-19-9-11(17)8-16-10-3-4-12(14)13(15)7-10/h3-4,7,11,16-17H,2,5-6,8-9H2,1H3. The Balaban J connectivity index is 2.18. The highest BCUT2D eigenvalue weighted by Crippen LogP contribution is 2.18. The molecule has 0 spiro atoms. The van der Waals surface area contributed by atoms with Crippen LogP contribution in [0.3, 0.4) is 0 Å². The zero-order valence-corrected chi connectivity index (χ0v) is 11.6. The quantitative estimate of drug-likeness (QED) is 0.686. The summed E-state index contributed by atoms with van der Waals surface area (Å²) in [4.78, 5) is 0. The zero-order valence-electron chi connectivity index (χ0n) is 10.9. The van der Waals surface area contributed by atoms with Gasteiger partial charge in [-0.25, -0.2) is 4.39 Å². The van der Waals surface area contributed by atoms with Gasteiger partial charge in [0, 0.05) is 18.8 Å². The Morgan fingerprint density at radius 1 is 1.37 bits per heavy atom. The maximum atomic E-state index is 13.2. The Labute approximate surface area is 117 Å². The fraction of sp³-hybridized carbons (Fsp3) is 0.538. The van der Waals surface area contributed by atoms with Gasteiger partial charge < -0.3 is 19.9 Å². The topological polar surface area (TPSA) is 50.7 Å². The summed E-state index contributed by atoms with van der Waals surface area (Å²) in [6.07, 6.45) is -0.666. The molecule has 0 saturated carbocycles. The molecule has 19 heavy (non-hydrogen) atoms. The van der Waals surface area contributed by atoms with Crippen LogP contribution in [0.25, 0.3) is 0 Å². The maximum absolute atomic E-state index is 13.2. The predicted molar refractivity (Wildman–Crippen MR) is 73.2 cm³/mol. The minimum absolute atomic E-state index is 0.0744. The number of rotatable bonds is 9. The van der Waals surface area contributed by atoms with Gasteiger partial charge in [0.1, 0.15) is 5.82 Å². The number of halogens is 2. The van der Waals surface area contributed by atoms with Gasteiger partial charge in [-0.1, -0.05) is 11.6 Å². The number of hydrogen-bond acceptors (Lipinski definition) is 4. The first-order valence-electron chi connectivity index (χ1n) is 6.16. The molecule has 4 nitrogen and oxygen atoms in total. The number of ether oxygens (including phenoxy) is 2. The van der Waals surface area contributed by atoms with E-state index in [1.165, 1.54) is 12.1 Å². The van der Waals surface area contributed by atoms with Crippen LogP contribution in [0.5, 0.6) is 0 Å². The van der Waals surface area contributed by atoms with Crippen molar-refractivity contribution in [3.8, 4) is 0 Å². The monoisotopic (exact) mass is 291 g/mol. The third-order valence-corrected chi connectivity index (χ3v) is 2.65. The van der Waals surface area contributed by atoms with Gasteiger partial charge in [-0.05, 0) is 25.1 Å². The summed E-state index contributed by atoms with van der Waals surface area (Å²) in [6.45, 7) is 3.99. The van der Waals surface area contributed by atoms with E-state index in [-0.39, 0.29) is 18.2 Å². The SMILES string of the molecule is CCOCCOCC(O)CNc1ccc(Cl)c(F)c1. The first-order valence-corrected chi connectivity index (χ1v) is 6.53. The van der Waals surface area contributed by atoms with Crippen LogP contribution >= 0.6 is 11.6 Å². The molecule has 2 N–H and O–H groups in total. The van der Waals surface area contributed by atoms with Crippen molar-refractivity contribution in [3.05, 3.63) is 29.0 Å². The fourth-order valence-electron chi connectivity index (χ4n) is 1.38. The zero-order chi connectivity index (χ0) is 14.1. The van der Waals surface area contributed by atoms with Crippen molar-refractivity contribution < 1.29 is 19.0 Å². The van der Waals surface area contributed by atoms with Gasteiger partial charge >= 0.3 is 0 Å². The summed E-state index contributed by atoms with van der Waals surface area (Å²) in [6, 6.07) is 4.39. The predicted octanol–water partition coefficient (Wildman–Crippen LogP) is 2.30. The average molecular weight is 292 g/mol. The summed E-state index contributed by atoms with van der Waals surface area (Å²) >= 11 is 5.57. The molecule has 1 rings (SSSR count). The summed E-state index contributed by atoms with van der Waals surface area (Å²) in [5, 5.41) is 12.6. The summed E-state index contributed by atoms with van der Waals surface area (Å²) in [5.74, 6) is -0.492. The number of hydrogen-bond donors (Lipinski definition) is 2. The summed E-state index contributed by atoms with van der Waals surface area (Å²) in [7, 11) is 0. The lowest BCUT2D eigenvalue weighted by atomic mass is 10.3. The van der Waals surface area contributed by atoms with Crippen molar-refractivity contribution in [3.63, 3.8) is 0 Å². The van der Waals surface area contributed by atoms with Crippen LogP contribution < -0.4 is 5.32 Å². The van der Waals surface area contributed by atoms with E-state index in [2.05, 4.69) is 5.32 Å². The molecule has 0 bridgehead atoms. The molecule has 108 valence electrons. The lowest BCUT2D eigenvalue weighted by Gasteiger charge is -2.13. The Hall–Kier alpha value is -0.880. The molecule has 0 aliphatic carbocycles. The van der Waals surface area contributed by atoms with Gasteiger partial charge in [-0.2, -0.15) is 0 Å². The third-order valence-electron chi connectivity index (χ3n) is 2.35. The van der Waals surface area contributed by atoms with E-state index >= 15 is 0 Å². The van der Waals surface area contributed by atoms with Gasteiger partial charge in [-0.3, -0.25) is 0 Å². The van der Waals surface area contributed by atoms with Crippen LogP contribution in [0.2, 0.25) is 5.02 Å². The molecular weight excluding hydrogens is 273 g/mol. The number of benzene rings is 1. The lowest BCUT2D eigenvalue weighted by Crippen LogP contribution is -2.25. The normalized spacial score (nSPS) is 12.4. The lowest BCUT2D eigenvalue weighted by molar-refractivity contribution is 0.0103. The number of nitrogens with one attached hydrogen (secondary N) is 1. The maximum Gasteiger partial charge on any atom is 0.143 e. The first kappa shape index (κ1) is 16.2. The summed E-state index contributed by atoms with van der Waals surface area (Å²) < 4.78 is 23.5. The van der Waals surface area contributed by atoms with Crippen LogP contribution in [0.15, 0.2) is 18.2 Å². The minimum Gasteiger partial charge on any atom is -0.389 e. The number of aliphatic hydroxyl groups excluding tert-OH is 1. The van der Waals surface area contributed by atoms with Crippen molar-refractivity contribution in [2.75, 3.05) is 38.3 Å². The van der Waals surface area contributed by atoms with E-state index in [4.69, 9.17) is 21.1 Å². The molecule has 0 amide bonds. The van der Waals surface area contributed by atoms with Crippen molar-refractivity contribution in [1.82, 2.24) is 0 Å². The van der Waals surface area contributed by atoms with E-state index < -0.39 is 11.9 Å². The fourth-order valence-corrected chi connectivity index (χ4v) is 1.50. The minimum atomic E-state index is -0.666. The molecule has 1 aromatic carbocycles. The number of anilines is 1. The average Bonchev–Trinajstić information content (AvgIpc) is 2.40. The second-order valence-electron chi connectivity index (χ2n) is 3.94. The highest BCUT2D eigenvalue weighted by atomic mass is 35.5. The van der Waals surface area contributed by atoms with Crippen LogP contribution in [0, 0.1) is 5.82 Å².